The second-order valence-corrected chi connectivity index (χ2v) is 6.44. The first kappa shape index (κ1) is 19.3. The first-order valence-corrected chi connectivity index (χ1v) is 9.09. The fraction of sp³-hybridized carbons (Fsp3) is 0.238. The first-order chi connectivity index (χ1) is 13.6. The van der Waals surface area contributed by atoms with Crippen LogP contribution < -0.4 is 5.32 Å². The lowest BCUT2D eigenvalue weighted by Crippen LogP contribution is -2.21. The van der Waals surface area contributed by atoms with Gasteiger partial charge in [0, 0.05) is 5.69 Å². The van der Waals surface area contributed by atoms with Crippen molar-refractivity contribution < 1.29 is 14.3 Å². The van der Waals surface area contributed by atoms with Crippen LogP contribution in [0.2, 0.25) is 0 Å². The average Bonchev–Trinajstić information content (AvgIpc) is 3.27. The maximum absolute atomic E-state index is 12.1. The van der Waals surface area contributed by atoms with Gasteiger partial charge < -0.3 is 10.1 Å². The van der Waals surface area contributed by atoms with Crippen LogP contribution in [0.4, 0.5) is 5.69 Å². The second kappa shape index (κ2) is 8.94. The van der Waals surface area contributed by atoms with Gasteiger partial charge in [-0.25, -0.2) is 14.5 Å². The molecular weight excluding hydrogens is 356 g/mol. The van der Waals surface area contributed by atoms with Gasteiger partial charge in [-0.2, -0.15) is 5.10 Å². The molecule has 144 valence electrons. The molecule has 0 aliphatic heterocycles. The minimum Gasteiger partial charge on any atom is -0.452 e. The number of hydrogen-bond donors (Lipinski definition) is 1. The highest BCUT2D eigenvalue weighted by Gasteiger charge is 2.11. The number of nitrogens with zero attached hydrogens (tertiary/aromatic N) is 3. The molecule has 0 radical (unpaired) electrons. The fourth-order valence-corrected chi connectivity index (χ4v) is 2.63. The highest BCUT2D eigenvalue weighted by atomic mass is 16.5. The number of aromatic nitrogens is 3. The Morgan fingerprint density at radius 3 is 2.43 bits per heavy atom. The lowest BCUT2D eigenvalue weighted by molar-refractivity contribution is -0.119. The lowest BCUT2D eigenvalue weighted by Gasteiger charge is -2.11. The summed E-state index contributed by atoms with van der Waals surface area (Å²) in [6, 6.07) is 14.4. The Morgan fingerprint density at radius 2 is 1.82 bits per heavy atom. The van der Waals surface area contributed by atoms with E-state index in [0.717, 1.165) is 12.1 Å². The molecular formula is C21H22N4O3. The molecule has 0 aliphatic carbocycles. The van der Waals surface area contributed by atoms with Crippen LogP contribution >= 0.6 is 0 Å². The normalized spacial score (nSPS) is 11.6. The van der Waals surface area contributed by atoms with Crippen LogP contribution in [0, 0.1) is 0 Å². The number of esters is 1. The summed E-state index contributed by atoms with van der Waals surface area (Å²) in [7, 11) is 0. The third-order valence-electron chi connectivity index (χ3n) is 4.50. The van der Waals surface area contributed by atoms with Crippen molar-refractivity contribution in [3.05, 3.63) is 72.3 Å². The number of ether oxygens (including phenoxy) is 1. The van der Waals surface area contributed by atoms with Crippen molar-refractivity contribution in [3.63, 3.8) is 0 Å². The van der Waals surface area contributed by atoms with E-state index in [9.17, 15) is 9.59 Å². The molecule has 0 bridgehead atoms. The Bertz CT molecular complexity index is 919. The topological polar surface area (TPSA) is 86.1 Å². The van der Waals surface area contributed by atoms with Gasteiger partial charge in [0.05, 0.1) is 11.3 Å². The predicted octanol–water partition coefficient (Wildman–Crippen LogP) is 3.58. The molecule has 7 nitrogen and oxygen atoms in total. The van der Waals surface area contributed by atoms with Crippen LogP contribution in [0.1, 0.15) is 42.1 Å². The molecule has 1 aromatic heterocycles. The SMILES string of the molecule is CC[C@@H](C)c1ccc(NC(=O)COC(=O)c2ccc(-n3cncn3)cc2)cc1. The predicted molar refractivity (Wildman–Crippen MR) is 105 cm³/mol. The molecule has 0 spiro atoms. The van der Waals surface area contributed by atoms with Gasteiger partial charge in [-0.05, 0) is 54.3 Å². The van der Waals surface area contributed by atoms with Gasteiger partial charge in [-0.1, -0.05) is 26.0 Å². The standard InChI is InChI=1S/C21H22N4O3/c1-3-15(2)16-4-8-18(9-5-16)24-20(26)12-28-21(27)17-6-10-19(11-7-17)25-14-22-13-23-25/h4-11,13-15H,3,12H2,1-2H3,(H,24,26)/t15-/m1/s1. The van der Waals surface area contributed by atoms with E-state index in [1.54, 1.807) is 35.3 Å². The second-order valence-electron chi connectivity index (χ2n) is 6.44. The van der Waals surface area contributed by atoms with E-state index in [-0.39, 0.29) is 12.5 Å². The Morgan fingerprint density at radius 1 is 1.11 bits per heavy atom. The first-order valence-electron chi connectivity index (χ1n) is 9.09. The van der Waals surface area contributed by atoms with E-state index in [1.165, 1.54) is 11.9 Å². The molecule has 3 aromatic rings. The smallest absolute Gasteiger partial charge is 0.338 e. The summed E-state index contributed by atoms with van der Waals surface area (Å²) in [5.41, 5.74) is 3.02. The van der Waals surface area contributed by atoms with E-state index in [4.69, 9.17) is 4.74 Å². The van der Waals surface area contributed by atoms with Crippen LogP contribution in [0.3, 0.4) is 0 Å². The highest BCUT2D eigenvalue weighted by Crippen LogP contribution is 2.20. The zero-order valence-electron chi connectivity index (χ0n) is 15.8. The Hall–Kier alpha value is -3.48. The third-order valence-corrected chi connectivity index (χ3v) is 4.50. The van der Waals surface area contributed by atoms with Crippen molar-refractivity contribution in [3.8, 4) is 5.69 Å². The number of rotatable bonds is 7. The van der Waals surface area contributed by atoms with Gasteiger partial charge in [0.2, 0.25) is 0 Å². The lowest BCUT2D eigenvalue weighted by atomic mass is 9.99. The quantitative estimate of drug-likeness (QED) is 0.635. The fourth-order valence-electron chi connectivity index (χ4n) is 2.63. The number of amides is 1. The summed E-state index contributed by atoms with van der Waals surface area (Å²) in [6.07, 6.45) is 4.05. The Balaban J connectivity index is 1.50. The summed E-state index contributed by atoms with van der Waals surface area (Å²) >= 11 is 0. The molecule has 0 aliphatic rings. The molecule has 2 aromatic carbocycles. The van der Waals surface area contributed by atoms with Gasteiger partial charge in [0.25, 0.3) is 5.91 Å². The zero-order chi connectivity index (χ0) is 19.9. The number of carbonyl (C=O) groups is 2. The summed E-state index contributed by atoms with van der Waals surface area (Å²) in [5, 5.41) is 6.74. The number of benzene rings is 2. The molecule has 1 atom stereocenters. The Kier molecular flexibility index (Phi) is 6.16. The summed E-state index contributed by atoms with van der Waals surface area (Å²) in [4.78, 5) is 28.0. The maximum atomic E-state index is 12.1. The summed E-state index contributed by atoms with van der Waals surface area (Å²) in [5.74, 6) is -0.474. The van der Waals surface area contributed by atoms with Crippen LogP contribution in [0.15, 0.2) is 61.2 Å². The molecule has 1 N–H and O–H groups in total. The zero-order valence-corrected chi connectivity index (χ0v) is 15.8. The van der Waals surface area contributed by atoms with Crippen molar-refractivity contribution in [2.75, 3.05) is 11.9 Å². The van der Waals surface area contributed by atoms with Crippen LogP contribution in [0.25, 0.3) is 5.69 Å². The molecule has 0 unspecified atom stereocenters. The summed E-state index contributed by atoms with van der Waals surface area (Å²) in [6.45, 7) is 3.94. The molecule has 1 amide bonds. The molecule has 1 heterocycles. The van der Waals surface area contributed by atoms with Crippen LogP contribution in [-0.2, 0) is 9.53 Å². The van der Waals surface area contributed by atoms with E-state index in [1.807, 2.05) is 24.3 Å². The van der Waals surface area contributed by atoms with Gasteiger partial charge in [-0.3, -0.25) is 4.79 Å². The summed E-state index contributed by atoms with van der Waals surface area (Å²) < 4.78 is 6.66. The molecule has 28 heavy (non-hydrogen) atoms. The van der Waals surface area contributed by atoms with Crippen molar-refractivity contribution in [2.24, 2.45) is 0 Å². The van der Waals surface area contributed by atoms with E-state index >= 15 is 0 Å². The van der Waals surface area contributed by atoms with E-state index < -0.39 is 5.97 Å². The third kappa shape index (κ3) is 4.82. The van der Waals surface area contributed by atoms with Gasteiger partial charge in [0.1, 0.15) is 12.7 Å². The maximum Gasteiger partial charge on any atom is 0.338 e. The van der Waals surface area contributed by atoms with Crippen LogP contribution in [0.5, 0.6) is 0 Å². The molecule has 0 saturated carbocycles. The van der Waals surface area contributed by atoms with Crippen molar-refractivity contribution >= 4 is 17.6 Å². The average molecular weight is 378 g/mol. The van der Waals surface area contributed by atoms with Crippen molar-refractivity contribution in [1.29, 1.82) is 0 Å². The highest BCUT2D eigenvalue weighted by molar-refractivity contribution is 5.95. The number of nitrogens with one attached hydrogen (secondary N) is 1. The largest absolute Gasteiger partial charge is 0.452 e. The van der Waals surface area contributed by atoms with Crippen molar-refractivity contribution in [2.45, 2.75) is 26.2 Å². The molecule has 0 saturated heterocycles. The minimum absolute atomic E-state index is 0.350. The van der Waals surface area contributed by atoms with Gasteiger partial charge in [-0.15, -0.1) is 0 Å². The number of carbonyl (C=O) groups excluding carboxylic acids is 2. The number of anilines is 1. The number of hydrogen-bond acceptors (Lipinski definition) is 5. The van der Waals surface area contributed by atoms with Crippen molar-refractivity contribution in [1.82, 2.24) is 14.8 Å². The van der Waals surface area contributed by atoms with E-state index in [0.29, 0.717) is 17.2 Å². The molecule has 0 fully saturated rings. The van der Waals surface area contributed by atoms with Gasteiger partial charge >= 0.3 is 5.97 Å². The van der Waals surface area contributed by atoms with E-state index in [2.05, 4.69) is 29.2 Å². The molecule has 7 heteroatoms. The van der Waals surface area contributed by atoms with Crippen LogP contribution in [-0.4, -0.2) is 33.2 Å². The van der Waals surface area contributed by atoms with Gasteiger partial charge in [0.15, 0.2) is 6.61 Å². The molecule has 3 rings (SSSR count). The Labute approximate surface area is 163 Å². The monoisotopic (exact) mass is 378 g/mol. The minimum atomic E-state index is -0.563.